The highest BCUT2D eigenvalue weighted by atomic mass is 16.5. The van der Waals surface area contributed by atoms with E-state index >= 15 is 0 Å². The number of hydrogen-bond acceptors (Lipinski definition) is 4. The zero-order valence-corrected chi connectivity index (χ0v) is 15.9. The Morgan fingerprint density at radius 3 is 2.78 bits per heavy atom. The van der Waals surface area contributed by atoms with Crippen molar-refractivity contribution in [1.29, 1.82) is 0 Å². The fourth-order valence-corrected chi connectivity index (χ4v) is 3.40. The molecular weight excluding hydrogens is 346 g/mol. The van der Waals surface area contributed by atoms with E-state index in [4.69, 9.17) is 10.5 Å². The third-order valence-electron chi connectivity index (χ3n) is 4.91. The van der Waals surface area contributed by atoms with E-state index in [9.17, 15) is 14.4 Å². The lowest BCUT2D eigenvalue weighted by atomic mass is 9.87. The van der Waals surface area contributed by atoms with Gasteiger partial charge >= 0.3 is 12.0 Å². The number of carbonyl (C=O) groups is 3. The van der Waals surface area contributed by atoms with Gasteiger partial charge in [-0.1, -0.05) is 30.7 Å². The maximum Gasteiger partial charge on any atom is 0.312 e. The second-order valence-electron chi connectivity index (χ2n) is 6.87. The van der Waals surface area contributed by atoms with Gasteiger partial charge < -0.3 is 20.7 Å². The number of fused-ring (bicyclic) bond motifs is 1. The molecule has 2 rings (SSSR count). The zero-order valence-electron chi connectivity index (χ0n) is 15.9. The van der Waals surface area contributed by atoms with Crippen LogP contribution in [0.15, 0.2) is 24.3 Å². The molecule has 0 bridgehead atoms. The van der Waals surface area contributed by atoms with Crippen LogP contribution in [0, 0.1) is 0 Å². The fourth-order valence-electron chi connectivity index (χ4n) is 3.40. The second kappa shape index (κ2) is 10.5. The Labute approximate surface area is 160 Å². The summed E-state index contributed by atoms with van der Waals surface area (Å²) in [6.45, 7) is 0.272. The van der Waals surface area contributed by atoms with Gasteiger partial charge in [-0.05, 0) is 43.2 Å². The van der Waals surface area contributed by atoms with Crippen LogP contribution in [-0.4, -0.2) is 43.0 Å². The lowest BCUT2D eigenvalue weighted by Crippen LogP contribution is -2.36. The number of ether oxygens (including phenoxy) is 1. The number of carbonyl (C=O) groups excluding carboxylic acids is 3. The van der Waals surface area contributed by atoms with Crippen LogP contribution in [0.2, 0.25) is 0 Å². The molecule has 1 aromatic carbocycles. The largest absolute Gasteiger partial charge is 0.456 e. The average Bonchev–Trinajstić information content (AvgIpc) is 2.67. The van der Waals surface area contributed by atoms with Crippen molar-refractivity contribution in [3.63, 3.8) is 0 Å². The van der Waals surface area contributed by atoms with E-state index in [2.05, 4.69) is 17.4 Å². The molecule has 7 nitrogen and oxygen atoms in total. The summed E-state index contributed by atoms with van der Waals surface area (Å²) in [6, 6.07) is 7.70. The third-order valence-corrected chi connectivity index (χ3v) is 4.91. The number of rotatable bonds is 9. The monoisotopic (exact) mass is 375 g/mol. The number of urea groups is 1. The molecule has 0 heterocycles. The molecule has 1 aliphatic carbocycles. The Kier molecular flexibility index (Phi) is 8.10. The minimum absolute atomic E-state index is 0.0407. The normalized spacial score (nSPS) is 15.5. The van der Waals surface area contributed by atoms with Gasteiger partial charge in [0.25, 0.3) is 5.91 Å². The lowest BCUT2D eigenvalue weighted by Gasteiger charge is -2.33. The number of amides is 3. The molecular formula is C20H29N3O4. The van der Waals surface area contributed by atoms with Gasteiger partial charge in [0.1, 0.15) is 0 Å². The molecule has 0 spiro atoms. The molecule has 1 aromatic rings. The topological polar surface area (TPSA) is 102 Å². The number of likely N-dealkylation sites (N-methyl/N-ethyl adjacent to an activating group) is 1. The van der Waals surface area contributed by atoms with Gasteiger partial charge in [-0.25, -0.2) is 4.79 Å². The van der Waals surface area contributed by atoms with Crippen LogP contribution in [0.5, 0.6) is 0 Å². The summed E-state index contributed by atoms with van der Waals surface area (Å²) in [5, 5.41) is 2.50. The molecule has 7 heteroatoms. The van der Waals surface area contributed by atoms with Crippen molar-refractivity contribution in [1.82, 2.24) is 10.2 Å². The molecule has 0 unspecified atom stereocenters. The molecule has 3 N–H and O–H groups in total. The van der Waals surface area contributed by atoms with Crippen molar-refractivity contribution in [3.8, 4) is 0 Å². The molecule has 1 aliphatic rings. The average molecular weight is 375 g/mol. The van der Waals surface area contributed by atoms with E-state index in [1.165, 1.54) is 11.1 Å². The Balaban J connectivity index is 1.69. The number of esters is 1. The van der Waals surface area contributed by atoms with Crippen molar-refractivity contribution in [2.24, 2.45) is 5.73 Å². The van der Waals surface area contributed by atoms with Crippen LogP contribution in [-0.2, 0) is 20.7 Å². The first-order valence-corrected chi connectivity index (χ1v) is 9.51. The van der Waals surface area contributed by atoms with E-state index in [0.717, 1.165) is 32.1 Å². The number of hydrogen-bond donors (Lipinski definition) is 2. The third kappa shape index (κ3) is 6.58. The van der Waals surface area contributed by atoms with E-state index < -0.39 is 6.03 Å². The number of unbranched alkanes of at least 4 members (excludes halogenated alkanes) is 2. The molecule has 27 heavy (non-hydrogen) atoms. The van der Waals surface area contributed by atoms with Gasteiger partial charge in [0, 0.05) is 20.0 Å². The van der Waals surface area contributed by atoms with Crippen molar-refractivity contribution < 1.29 is 19.1 Å². The number of nitrogens with one attached hydrogen (secondary N) is 1. The first-order valence-electron chi connectivity index (χ1n) is 9.51. The van der Waals surface area contributed by atoms with Crippen molar-refractivity contribution in [2.45, 2.75) is 51.0 Å². The van der Waals surface area contributed by atoms with Gasteiger partial charge in [-0.2, -0.15) is 0 Å². The Morgan fingerprint density at radius 1 is 1.22 bits per heavy atom. The smallest absolute Gasteiger partial charge is 0.312 e. The predicted octanol–water partition coefficient (Wildman–Crippen LogP) is 2.29. The Bertz CT molecular complexity index is 662. The molecule has 148 valence electrons. The van der Waals surface area contributed by atoms with Crippen molar-refractivity contribution >= 4 is 17.9 Å². The summed E-state index contributed by atoms with van der Waals surface area (Å²) in [4.78, 5) is 36.5. The summed E-state index contributed by atoms with van der Waals surface area (Å²) < 4.78 is 5.13. The number of benzene rings is 1. The van der Waals surface area contributed by atoms with Crippen LogP contribution in [0.25, 0.3) is 0 Å². The van der Waals surface area contributed by atoms with Crippen molar-refractivity contribution in [3.05, 3.63) is 35.4 Å². The van der Waals surface area contributed by atoms with Crippen LogP contribution >= 0.6 is 0 Å². The highest BCUT2D eigenvalue weighted by Gasteiger charge is 2.26. The maximum atomic E-state index is 12.4. The molecule has 0 aromatic heterocycles. The van der Waals surface area contributed by atoms with Gasteiger partial charge in [0.2, 0.25) is 0 Å². The van der Waals surface area contributed by atoms with Gasteiger partial charge in [0.15, 0.2) is 6.61 Å². The Morgan fingerprint density at radius 2 is 2.00 bits per heavy atom. The standard InChI is InChI=1S/C20H29N3O4/c1-23(17-11-7-9-15-8-4-5-10-16(15)17)18(24)14-27-19(25)12-3-2-6-13-22-20(21)26/h4-5,8,10,17H,2-3,6-7,9,11-14H2,1H3,(H3,21,22,26)/t17-/m0/s1. The Hall–Kier alpha value is -2.57. The van der Waals surface area contributed by atoms with Gasteiger partial charge in [0.05, 0.1) is 6.04 Å². The number of primary amides is 1. The molecule has 0 aliphatic heterocycles. The van der Waals surface area contributed by atoms with E-state index in [-0.39, 0.29) is 30.9 Å². The van der Waals surface area contributed by atoms with Crippen LogP contribution in [0.4, 0.5) is 4.79 Å². The number of aryl methyl sites for hydroxylation is 1. The fraction of sp³-hybridized carbons (Fsp3) is 0.550. The van der Waals surface area contributed by atoms with Crippen LogP contribution < -0.4 is 11.1 Å². The SMILES string of the molecule is CN(C(=O)COC(=O)CCCCCNC(N)=O)[C@H]1CCCc2ccccc21. The molecule has 0 radical (unpaired) electrons. The van der Waals surface area contributed by atoms with Crippen LogP contribution in [0.1, 0.15) is 55.7 Å². The van der Waals surface area contributed by atoms with Crippen LogP contribution in [0.3, 0.4) is 0 Å². The minimum Gasteiger partial charge on any atom is -0.456 e. The van der Waals surface area contributed by atoms with Crippen molar-refractivity contribution in [2.75, 3.05) is 20.2 Å². The molecule has 0 saturated carbocycles. The van der Waals surface area contributed by atoms with E-state index in [1.54, 1.807) is 11.9 Å². The molecule has 1 atom stereocenters. The second-order valence-corrected chi connectivity index (χ2v) is 6.87. The molecule has 0 fully saturated rings. The first-order chi connectivity index (χ1) is 13.0. The highest BCUT2D eigenvalue weighted by Crippen LogP contribution is 2.33. The van der Waals surface area contributed by atoms with Gasteiger partial charge in [-0.3, -0.25) is 9.59 Å². The quantitative estimate of drug-likeness (QED) is 0.511. The maximum absolute atomic E-state index is 12.4. The minimum atomic E-state index is -0.544. The highest BCUT2D eigenvalue weighted by molar-refractivity contribution is 5.81. The lowest BCUT2D eigenvalue weighted by molar-refractivity contribution is -0.152. The summed E-state index contributed by atoms with van der Waals surface area (Å²) >= 11 is 0. The molecule has 0 saturated heterocycles. The summed E-state index contributed by atoms with van der Waals surface area (Å²) in [6.07, 6.45) is 5.45. The van der Waals surface area contributed by atoms with E-state index in [1.807, 2.05) is 12.1 Å². The first kappa shape index (κ1) is 20.7. The van der Waals surface area contributed by atoms with Gasteiger partial charge in [-0.15, -0.1) is 0 Å². The molecule has 3 amide bonds. The number of nitrogens with zero attached hydrogens (tertiary/aromatic N) is 1. The summed E-state index contributed by atoms with van der Waals surface area (Å²) in [7, 11) is 1.77. The summed E-state index contributed by atoms with van der Waals surface area (Å²) in [5.74, 6) is -0.556. The zero-order chi connectivity index (χ0) is 19.6. The summed E-state index contributed by atoms with van der Waals surface area (Å²) in [5.41, 5.74) is 7.45. The van der Waals surface area contributed by atoms with E-state index in [0.29, 0.717) is 13.0 Å². The predicted molar refractivity (Wildman–Crippen MR) is 102 cm³/mol. The number of nitrogens with two attached hydrogens (primary N) is 1.